The number of aromatic nitrogens is 1. The van der Waals surface area contributed by atoms with Gasteiger partial charge in [0.15, 0.2) is 0 Å². The normalized spacial score (nSPS) is 14.5. The molecule has 37 heavy (non-hydrogen) atoms. The Labute approximate surface area is 211 Å². The molecule has 9 heteroatoms. The van der Waals surface area contributed by atoms with Gasteiger partial charge in [0.1, 0.15) is 0 Å². The number of halogens is 3. The van der Waals surface area contributed by atoms with Crippen LogP contribution in [0.15, 0.2) is 79.0 Å². The van der Waals surface area contributed by atoms with Crippen LogP contribution in [0, 0.1) is 0 Å². The Morgan fingerprint density at radius 3 is 2.41 bits per heavy atom. The molecule has 6 nitrogen and oxygen atoms in total. The Morgan fingerprint density at radius 2 is 1.62 bits per heavy atom. The number of amides is 3. The number of aromatic amines is 1. The van der Waals surface area contributed by atoms with Gasteiger partial charge in [-0.05, 0) is 60.7 Å². The van der Waals surface area contributed by atoms with Gasteiger partial charge in [-0.25, -0.2) is 4.79 Å². The molecule has 4 aromatic rings. The number of rotatable bonds is 4. The highest BCUT2D eigenvalue weighted by atomic mass is 19.4. The van der Waals surface area contributed by atoms with Crippen LogP contribution in [0.25, 0.3) is 10.9 Å². The van der Waals surface area contributed by atoms with Crippen LogP contribution in [0.1, 0.15) is 40.2 Å². The molecule has 2 heterocycles. The van der Waals surface area contributed by atoms with Gasteiger partial charge in [-0.3, -0.25) is 4.79 Å². The maximum absolute atomic E-state index is 13.3. The van der Waals surface area contributed by atoms with Crippen molar-refractivity contribution in [2.24, 2.45) is 0 Å². The summed E-state index contributed by atoms with van der Waals surface area (Å²) < 4.78 is 38.9. The van der Waals surface area contributed by atoms with Gasteiger partial charge < -0.3 is 20.5 Å². The standard InChI is InChI=1S/C28H25F3N4O2/c29-28(30,31)19-6-5-7-20(16-19)33-27(37)34-25-11-4-2-9-22(25)26(36)35-14-12-18(13-15-35)23-17-32-24-10-3-1-8-21(23)24/h1-11,16-18,32H,12-15H2,(H2,33,34,37). The number of nitrogens with zero attached hydrogens (tertiary/aromatic N) is 1. The van der Waals surface area contributed by atoms with Crippen molar-refractivity contribution in [3.8, 4) is 0 Å². The number of hydrogen-bond donors (Lipinski definition) is 3. The van der Waals surface area contributed by atoms with E-state index in [1.807, 2.05) is 18.2 Å². The average molecular weight is 507 g/mol. The van der Waals surface area contributed by atoms with Crippen LogP contribution in [0.2, 0.25) is 0 Å². The quantitative estimate of drug-likeness (QED) is 0.283. The Morgan fingerprint density at radius 1 is 0.892 bits per heavy atom. The molecule has 0 atom stereocenters. The molecule has 0 spiro atoms. The molecule has 1 aliphatic rings. The van der Waals surface area contributed by atoms with E-state index >= 15 is 0 Å². The molecule has 0 bridgehead atoms. The van der Waals surface area contributed by atoms with E-state index in [1.54, 1.807) is 29.2 Å². The minimum atomic E-state index is -4.52. The van der Waals surface area contributed by atoms with Gasteiger partial charge in [-0.15, -0.1) is 0 Å². The first-order chi connectivity index (χ1) is 17.8. The van der Waals surface area contributed by atoms with E-state index in [2.05, 4.69) is 27.9 Å². The van der Waals surface area contributed by atoms with E-state index in [9.17, 15) is 22.8 Å². The summed E-state index contributed by atoms with van der Waals surface area (Å²) in [5, 5.41) is 6.21. The highest BCUT2D eigenvalue weighted by molar-refractivity contribution is 6.06. The predicted molar refractivity (Wildman–Crippen MR) is 137 cm³/mol. The zero-order valence-electron chi connectivity index (χ0n) is 19.8. The average Bonchev–Trinajstić information content (AvgIpc) is 3.33. The van der Waals surface area contributed by atoms with Crippen LogP contribution in [0.3, 0.4) is 0 Å². The van der Waals surface area contributed by atoms with Gasteiger partial charge in [0.2, 0.25) is 0 Å². The summed E-state index contributed by atoms with van der Waals surface area (Å²) in [7, 11) is 0. The van der Waals surface area contributed by atoms with Gasteiger partial charge in [-0.2, -0.15) is 13.2 Å². The van der Waals surface area contributed by atoms with Crippen molar-refractivity contribution in [2.75, 3.05) is 23.7 Å². The molecular formula is C28H25F3N4O2. The van der Waals surface area contributed by atoms with E-state index in [0.29, 0.717) is 24.6 Å². The van der Waals surface area contributed by atoms with Crippen molar-refractivity contribution in [3.63, 3.8) is 0 Å². The molecule has 0 saturated carbocycles. The van der Waals surface area contributed by atoms with E-state index in [0.717, 1.165) is 30.5 Å². The third kappa shape index (κ3) is 5.30. The lowest BCUT2D eigenvalue weighted by Gasteiger charge is -2.32. The van der Waals surface area contributed by atoms with Gasteiger partial charge in [-0.1, -0.05) is 36.4 Å². The Kier molecular flexibility index (Phi) is 6.60. The molecule has 3 N–H and O–H groups in total. The highest BCUT2D eigenvalue weighted by Gasteiger charge is 2.31. The minimum absolute atomic E-state index is 0.00418. The maximum atomic E-state index is 13.3. The van der Waals surface area contributed by atoms with Gasteiger partial charge >= 0.3 is 12.2 Å². The lowest BCUT2D eigenvalue weighted by molar-refractivity contribution is -0.137. The van der Waals surface area contributed by atoms with Crippen LogP contribution in [-0.2, 0) is 6.18 Å². The number of carbonyl (C=O) groups excluding carboxylic acids is 2. The van der Waals surface area contributed by atoms with Gasteiger partial charge in [0.25, 0.3) is 5.91 Å². The number of carbonyl (C=O) groups is 2. The van der Waals surface area contributed by atoms with E-state index in [4.69, 9.17) is 0 Å². The predicted octanol–water partition coefficient (Wildman–Crippen LogP) is 6.85. The zero-order valence-corrected chi connectivity index (χ0v) is 19.8. The molecule has 3 amide bonds. The number of hydrogen-bond acceptors (Lipinski definition) is 2. The number of alkyl halides is 3. The third-order valence-electron chi connectivity index (χ3n) is 6.70. The van der Waals surface area contributed by atoms with Gasteiger partial charge in [0.05, 0.1) is 16.8 Å². The first-order valence-corrected chi connectivity index (χ1v) is 12.0. The first kappa shape index (κ1) is 24.4. The smallest absolute Gasteiger partial charge is 0.361 e. The Balaban J connectivity index is 1.24. The molecular weight excluding hydrogens is 481 g/mol. The number of urea groups is 1. The molecule has 1 fully saturated rings. The second-order valence-corrected chi connectivity index (χ2v) is 9.06. The third-order valence-corrected chi connectivity index (χ3v) is 6.70. The fourth-order valence-electron chi connectivity index (χ4n) is 4.83. The summed E-state index contributed by atoms with van der Waals surface area (Å²) in [4.78, 5) is 31.0. The van der Waals surface area contributed by atoms with E-state index in [-0.39, 0.29) is 17.3 Å². The molecule has 3 aromatic carbocycles. The van der Waals surface area contributed by atoms with E-state index < -0.39 is 17.8 Å². The number of nitrogens with one attached hydrogen (secondary N) is 3. The Bertz CT molecular complexity index is 1440. The van der Waals surface area contributed by atoms with E-state index in [1.165, 1.54) is 23.1 Å². The first-order valence-electron chi connectivity index (χ1n) is 12.0. The fourth-order valence-corrected chi connectivity index (χ4v) is 4.83. The van der Waals surface area contributed by atoms with Crippen molar-refractivity contribution >= 4 is 34.2 Å². The summed E-state index contributed by atoms with van der Waals surface area (Å²) in [6, 6.07) is 18.4. The molecule has 5 rings (SSSR count). The van der Waals surface area contributed by atoms with Crippen molar-refractivity contribution in [1.29, 1.82) is 0 Å². The number of para-hydroxylation sites is 2. The monoisotopic (exact) mass is 506 g/mol. The van der Waals surface area contributed by atoms with Crippen LogP contribution < -0.4 is 10.6 Å². The summed E-state index contributed by atoms with van der Waals surface area (Å²) in [6.45, 7) is 1.15. The summed E-state index contributed by atoms with van der Waals surface area (Å²) in [6.07, 6.45) is -0.831. The lowest BCUT2D eigenvalue weighted by atomic mass is 9.89. The van der Waals surface area contributed by atoms with Crippen LogP contribution in [0.4, 0.5) is 29.3 Å². The molecule has 0 aliphatic carbocycles. The van der Waals surface area contributed by atoms with Crippen molar-refractivity contribution in [1.82, 2.24) is 9.88 Å². The molecule has 1 aromatic heterocycles. The van der Waals surface area contributed by atoms with Crippen LogP contribution in [-0.4, -0.2) is 34.9 Å². The second-order valence-electron chi connectivity index (χ2n) is 9.06. The minimum Gasteiger partial charge on any atom is -0.361 e. The molecule has 1 saturated heterocycles. The number of anilines is 2. The number of fused-ring (bicyclic) bond motifs is 1. The SMILES string of the molecule is O=C(Nc1cccc(C(F)(F)F)c1)Nc1ccccc1C(=O)N1CCC(c2c[nH]c3ccccc23)CC1. The summed E-state index contributed by atoms with van der Waals surface area (Å²) in [5.41, 5.74) is 2.10. The van der Waals surface area contributed by atoms with Crippen molar-refractivity contribution in [3.05, 3.63) is 95.7 Å². The zero-order chi connectivity index (χ0) is 26.0. The fraction of sp³-hybridized carbons (Fsp3) is 0.214. The van der Waals surface area contributed by atoms with Gasteiger partial charge in [0, 0.05) is 35.9 Å². The number of piperidine rings is 1. The number of H-pyrrole nitrogens is 1. The largest absolute Gasteiger partial charge is 0.416 e. The summed E-state index contributed by atoms with van der Waals surface area (Å²) in [5.74, 6) is 0.138. The highest BCUT2D eigenvalue weighted by Crippen LogP contribution is 2.34. The molecule has 0 radical (unpaired) electrons. The summed E-state index contributed by atoms with van der Waals surface area (Å²) >= 11 is 0. The number of benzene rings is 3. The second kappa shape index (κ2) is 10.0. The number of likely N-dealkylation sites (tertiary alicyclic amines) is 1. The molecule has 0 unspecified atom stereocenters. The van der Waals surface area contributed by atoms with Crippen molar-refractivity contribution in [2.45, 2.75) is 24.9 Å². The Hall–Kier alpha value is -4.27. The lowest BCUT2D eigenvalue weighted by Crippen LogP contribution is -2.38. The van der Waals surface area contributed by atoms with Crippen molar-refractivity contribution < 1.29 is 22.8 Å². The maximum Gasteiger partial charge on any atom is 0.416 e. The van der Waals surface area contributed by atoms with Crippen LogP contribution in [0.5, 0.6) is 0 Å². The topological polar surface area (TPSA) is 77.2 Å². The molecule has 190 valence electrons. The molecule has 1 aliphatic heterocycles. The van der Waals surface area contributed by atoms with Crippen LogP contribution >= 0.6 is 0 Å².